The molecule has 3 nitrogen and oxygen atoms in total. The highest BCUT2D eigenvalue weighted by Gasteiger charge is 2.11. The van der Waals surface area contributed by atoms with E-state index in [0.29, 0.717) is 14.7 Å². The van der Waals surface area contributed by atoms with Crippen LogP contribution < -0.4 is 4.74 Å². The van der Waals surface area contributed by atoms with Crippen molar-refractivity contribution in [1.29, 1.82) is 0 Å². The number of hydrogen-bond acceptors (Lipinski definition) is 3. The molecule has 0 atom stereocenters. The van der Waals surface area contributed by atoms with Gasteiger partial charge in [0, 0.05) is 17.7 Å². The molecule has 0 radical (unpaired) electrons. The Balaban J connectivity index is 2.68. The fraction of sp³-hybridized carbons (Fsp3) is 0.0833. The highest BCUT2D eigenvalue weighted by atomic mass is 79.9. The first-order valence-electron chi connectivity index (χ1n) is 4.79. The number of rotatable bonds is 1. The van der Waals surface area contributed by atoms with Gasteiger partial charge in [-0.3, -0.25) is 4.79 Å². The molecule has 0 aliphatic carbocycles. The Kier molecular flexibility index (Phi) is 3.40. The van der Waals surface area contributed by atoms with Crippen LogP contribution in [0.5, 0.6) is 11.5 Å². The standard InChI is InChI=1S/C12H8Br2O3/c1-6(15)17-10-5-3-7-8(12(10)14)2-4-9(16)11(7)13/h2-5,16H,1H3. The Morgan fingerprint density at radius 3 is 2.35 bits per heavy atom. The van der Waals surface area contributed by atoms with E-state index in [-0.39, 0.29) is 11.7 Å². The molecule has 2 aromatic carbocycles. The van der Waals surface area contributed by atoms with E-state index in [4.69, 9.17) is 4.74 Å². The monoisotopic (exact) mass is 358 g/mol. The summed E-state index contributed by atoms with van der Waals surface area (Å²) in [5.41, 5.74) is 0. The minimum atomic E-state index is -0.372. The van der Waals surface area contributed by atoms with E-state index in [1.807, 2.05) is 0 Å². The van der Waals surface area contributed by atoms with E-state index >= 15 is 0 Å². The number of ether oxygens (including phenoxy) is 1. The number of phenolic OH excluding ortho intramolecular Hbond substituents is 1. The number of esters is 1. The maximum Gasteiger partial charge on any atom is 0.308 e. The third kappa shape index (κ3) is 2.30. The first-order chi connectivity index (χ1) is 8.00. The Morgan fingerprint density at radius 2 is 1.71 bits per heavy atom. The van der Waals surface area contributed by atoms with Gasteiger partial charge in [0.1, 0.15) is 11.5 Å². The minimum Gasteiger partial charge on any atom is -0.507 e. The van der Waals surface area contributed by atoms with Crippen LogP contribution in [-0.2, 0) is 4.79 Å². The number of benzene rings is 2. The van der Waals surface area contributed by atoms with Crippen LogP contribution in [0.25, 0.3) is 10.8 Å². The smallest absolute Gasteiger partial charge is 0.308 e. The summed E-state index contributed by atoms with van der Waals surface area (Å²) in [7, 11) is 0. The molecule has 0 amide bonds. The molecule has 0 aromatic heterocycles. The molecule has 88 valence electrons. The number of aromatic hydroxyl groups is 1. The van der Waals surface area contributed by atoms with Crippen molar-refractivity contribution in [3.63, 3.8) is 0 Å². The minimum absolute atomic E-state index is 0.171. The van der Waals surface area contributed by atoms with Crippen LogP contribution in [0.1, 0.15) is 6.92 Å². The molecule has 17 heavy (non-hydrogen) atoms. The maximum atomic E-state index is 10.9. The quantitative estimate of drug-likeness (QED) is 0.618. The van der Waals surface area contributed by atoms with Gasteiger partial charge in [-0.1, -0.05) is 0 Å². The SMILES string of the molecule is CC(=O)Oc1ccc2c(Br)c(O)ccc2c1Br. The van der Waals surface area contributed by atoms with Gasteiger partial charge in [-0.05, 0) is 56.1 Å². The summed E-state index contributed by atoms with van der Waals surface area (Å²) >= 11 is 6.70. The van der Waals surface area contributed by atoms with Crippen molar-refractivity contribution >= 4 is 48.6 Å². The van der Waals surface area contributed by atoms with Crippen molar-refractivity contribution in [1.82, 2.24) is 0 Å². The molecule has 0 spiro atoms. The average molecular weight is 360 g/mol. The molecular weight excluding hydrogens is 352 g/mol. The molecule has 0 aliphatic heterocycles. The van der Waals surface area contributed by atoms with E-state index in [2.05, 4.69) is 31.9 Å². The fourth-order valence-electron chi connectivity index (χ4n) is 1.53. The molecule has 0 saturated heterocycles. The predicted molar refractivity (Wildman–Crippen MR) is 72.3 cm³/mol. The Labute approximate surface area is 115 Å². The van der Waals surface area contributed by atoms with Crippen LogP contribution in [0.3, 0.4) is 0 Å². The molecular formula is C12H8Br2O3. The Hall–Kier alpha value is -1.07. The third-order valence-corrected chi connectivity index (χ3v) is 3.92. The van der Waals surface area contributed by atoms with Gasteiger partial charge in [-0.25, -0.2) is 0 Å². The van der Waals surface area contributed by atoms with Gasteiger partial charge >= 0.3 is 5.97 Å². The number of hydrogen-bond donors (Lipinski definition) is 1. The molecule has 1 N–H and O–H groups in total. The predicted octanol–water partition coefficient (Wildman–Crippen LogP) is 4.00. The van der Waals surface area contributed by atoms with Crippen molar-refractivity contribution in [2.24, 2.45) is 0 Å². The second-order valence-corrected chi connectivity index (χ2v) is 5.05. The van der Waals surface area contributed by atoms with Crippen LogP contribution in [0.15, 0.2) is 33.2 Å². The highest BCUT2D eigenvalue weighted by molar-refractivity contribution is 9.11. The number of phenols is 1. The summed E-state index contributed by atoms with van der Waals surface area (Å²) < 4.78 is 6.36. The van der Waals surface area contributed by atoms with Crippen LogP contribution in [0.2, 0.25) is 0 Å². The molecule has 0 aliphatic rings. The number of halogens is 2. The first-order valence-corrected chi connectivity index (χ1v) is 6.37. The van der Waals surface area contributed by atoms with Crippen molar-refractivity contribution in [3.05, 3.63) is 33.2 Å². The number of carbonyl (C=O) groups is 1. The lowest BCUT2D eigenvalue weighted by Gasteiger charge is -2.09. The first kappa shape index (κ1) is 12.4. The molecule has 2 aromatic rings. The molecule has 2 rings (SSSR count). The molecule has 0 saturated carbocycles. The molecule has 0 unspecified atom stereocenters. The van der Waals surface area contributed by atoms with Crippen LogP contribution >= 0.6 is 31.9 Å². The Morgan fingerprint density at radius 1 is 1.12 bits per heavy atom. The van der Waals surface area contributed by atoms with Crippen molar-refractivity contribution in [3.8, 4) is 11.5 Å². The lowest BCUT2D eigenvalue weighted by molar-refractivity contribution is -0.131. The topological polar surface area (TPSA) is 46.5 Å². The summed E-state index contributed by atoms with van der Waals surface area (Å²) in [5, 5.41) is 11.3. The number of fused-ring (bicyclic) bond motifs is 1. The highest BCUT2D eigenvalue weighted by Crippen LogP contribution is 2.39. The summed E-state index contributed by atoms with van der Waals surface area (Å²) in [6, 6.07) is 6.79. The van der Waals surface area contributed by atoms with Gasteiger partial charge in [0.2, 0.25) is 0 Å². The lowest BCUT2D eigenvalue weighted by Crippen LogP contribution is -2.01. The van der Waals surface area contributed by atoms with Gasteiger partial charge in [-0.15, -0.1) is 0 Å². The van der Waals surface area contributed by atoms with Crippen LogP contribution in [0.4, 0.5) is 0 Å². The summed E-state index contributed by atoms with van der Waals surface area (Å²) in [6.45, 7) is 1.35. The third-order valence-electron chi connectivity index (χ3n) is 2.27. The second kappa shape index (κ2) is 4.66. The van der Waals surface area contributed by atoms with Gasteiger partial charge in [0.25, 0.3) is 0 Å². The van der Waals surface area contributed by atoms with Crippen LogP contribution in [0, 0.1) is 0 Å². The van der Waals surface area contributed by atoms with Crippen molar-refractivity contribution in [2.75, 3.05) is 0 Å². The van der Waals surface area contributed by atoms with Crippen molar-refractivity contribution in [2.45, 2.75) is 6.92 Å². The van der Waals surface area contributed by atoms with E-state index in [1.165, 1.54) is 6.92 Å². The van der Waals surface area contributed by atoms with Gasteiger partial charge in [-0.2, -0.15) is 0 Å². The number of carbonyl (C=O) groups excluding carboxylic acids is 1. The zero-order valence-corrected chi connectivity index (χ0v) is 12.0. The van der Waals surface area contributed by atoms with Crippen LogP contribution in [-0.4, -0.2) is 11.1 Å². The van der Waals surface area contributed by atoms with Crippen molar-refractivity contribution < 1.29 is 14.6 Å². The summed E-state index contributed by atoms with van der Waals surface area (Å²) in [6.07, 6.45) is 0. The zero-order valence-electron chi connectivity index (χ0n) is 8.83. The second-order valence-electron chi connectivity index (χ2n) is 3.47. The maximum absolute atomic E-state index is 10.9. The van der Waals surface area contributed by atoms with Gasteiger partial charge in [0.15, 0.2) is 0 Å². The van der Waals surface area contributed by atoms with E-state index < -0.39 is 0 Å². The lowest BCUT2D eigenvalue weighted by atomic mass is 10.1. The largest absolute Gasteiger partial charge is 0.507 e. The molecule has 0 bridgehead atoms. The van der Waals surface area contributed by atoms with Gasteiger partial charge < -0.3 is 9.84 Å². The van der Waals surface area contributed by atoms with E-state index in [1.54, 1.807) is 24.3 Å². The average Bonchev–Trinajstić information content (AvgIpc) is 2.27. The van der Waals surface area contributed by atoms with Gasteiger partial charge in [0.05, 0.1) is 8.95 Å². The molecule has 0 fully saturated rings. The molecule has 5 heteroatoms. The zero-order chi connectivity index (χ0) is 12.6. The fourth-order valence-corrected chi connectivity index (χ4v) is 2.57. The van der Waals surface area contributed by atoms with E-state index in [9.17, 15) is 9.90 Å². The normalized spacial score (nSPS) is 10.5. The molecule has 0 heterocycles. The van der Waals surface area contributed by atoms with E-state index in [0.717, 1.165) is 10.8 Å². The summed E-state index contributed by atoms with van der Waals surface area (Å²) in [5.74, 6) is 0.259. The Bertz CT molecular complexity index is 608. The summed E-state index contributed by atoms with van der Waals surface area (Å²) in [4.78, 5) is 10.9.